The summed E-state index contributed by atoms with van der Waals surface area (Å²) in [6.45, 7) is 9.47. The number of rotatable bonds is 3. The molecule has 0 saturated carbocycles. The zero-order valence-electron chi connectivity index (χ0n) is 10.6. The summed E-state index contributed by atoms with van der Waals surface area (Å²) < 4.78 is 0. The smallest absolute Gasteiger partial charge is 0.240 e. The van der Waals surface area contributed by atoms with E-state index >= 15 is 0 Å². The van der Waals surface area contributed by atoms with Gasteiger partial charge < -0.3 is 10.2 Å². The van der Waals surface area contributed by atoms with Crippen LogP contribution in [0.15, 0.2) is 0 Å². The molecule has 1 heterocycles. The molecule has 3 heteroatoms. The van der Waals surface area contributed by atoms with Crippen molar-refractivity contribution in [3.8, 4) is 0 Å². The van der Waals surface area contributed by atoms with E-state index in [1.807, 2.05) is 11.9 Å². The third kappa shape index (κ3) is 2.51. The summed E-state index contributed by atoms with van der Waals surface area (Å²) in [4.78, 5) is 14.1. The van der Waals surface area contributed by atoms with E-state index < -0.39 is 0 Å². The molecule has 1 fully saturated rings. The van der Waals surface area contributed by atoms with Gasteiger partial charge in [-0.15, -0.1) is 0 Å². The van der Waals surface area contributed by atoms with E-state index in [9.17, 15) is 4.79 Å². The van der Waals surface area contributed by atoms with E-state index in [2.05, 4.69) is 33.0 Å². The van der Waals surface area contributed by atoms with Gasteiger partial charge in [-0.3, -0.25) is 4.79 Å². The molecule has 2 unspecified atom stereocenters. The zero-order valence-corrected chi connectivity index (χ0v) is 10.6. The molecule has 15 heavy (non-hydrogen) atoms. The fourth-order valence-electron chi connectivity index (χ4n) is 1.91. The van der Waals surface area contributed by atoms with Crippen LogP contribution < -0.4 is 5.32 Å². The maximum absolute atomic E-state index is 12.2. The molecule has 0 radical (unpaired) electrons. The second-order valence-corrected chi connectivity index (χ2v) is 5.26. The van der Waals surface area contributed by atoms with Crippen molar-refractivity contribution in [3.63, 3.8) is 0 Å². The molecule has 3 nitrogen and oxygen atoms in total. The predicted octanol–water partition coefficient (Wildman–Crippen LogP) is 1.63. The van der Waals surface area contributed by atoms with Crippen LogP contribution in [0.5, 0.6) is 0 Å². The van der Waals surface area contributed by atoms with Crippen LogP contribution in [-0.2, 0) is 4.79 Å². The number of nitrogens with one attached hydrogen (secondary N) is 1. The minimum atomic E-state index is -0.0406. The van der Waals surface area contributed by atoms with Crippen LogP contribution in [0.3, 0.4) is 0 Å². The van der Waals surface area contributed by atoms with E-state index in [0.717, 1.165) is 19.4 Å². The Hall–Kier alpha value is -0.570. The first kappa shape index (κ1) is 12.5. The first-order valence-electron chi connectivity index (χ1n) is 5.91. The van der Waals surface area contributed by atoms with Gasteiger partial charge in [0.05, 0.1) is 6.04 Å². The average Bonchev–Trinajstić information content (AvgIpc) is 2.62. The van der Waals surface area contributed by atoms with Gasteiger partial charge in [-0.2, -0.15) is 0 Å². The molecular formula is C12H24N2O. The summed E-state index contributed by atoms with van der Waals surface area (Å²) in [5.41, 5.74) is -0.0406. The van der Waals surface area contributed by atoms with Crippen molar-refractivity contribution >= 4 is 5.91 Å². The highest BCUT2D eigenvalue weighted by Crippen LogP contribution is 2.22. The quantitative estimate of drug-likeness (QED) is 0.771. The topological polar surface area (TPSA) is 32.3 Å². The third-order valence-corrected chi connectivity index (χ3v) is 3.90. The Balaban J connectivity index is 2.67. The Kier molecular flexibility index (Phi) is 3.77. The van der Waals surface area contributed by atoms with Crippen molar-refractivity contribution in [2.24, 2.45) is 5.92 Å². The van der Waals surface area contributed by atoms with Crippen LogP contribution in [0.1, 0.15) is 40.5 Å². The molecule has 0 spiro atoms. The minimum absolute atomic E-state index is 0.0285. The van der Waals surface area contributed by atoms with E-state index in [-0.39, 0.29) is 17.5 Å². The van der Waals surface area contributed by atoms with Gasteiger partial charge in [0.25, 0.3) is 0 Å². The normalized spacial score (nSPS) is 26.7. The van der Waals surface area contributed by atoms with Gasteiger partial charge in [-0.25, -0.2) is 0 Å². The summed E-state index contributed by atoms with van der Waals surface area (Å²) in [6.07, 6.45) is 2.09. The van der Waals surface area contributed by atoms with Crippen LogP contribution in [-0.4, -0.2) is 36.0 Å². The maximum atomic E-state index is 12.2. The molecular weight excluding hydrogens is 188 g/mol. The molecule has 0 bridgehead atoms. The van der Waals surface area contributed by atoms with Crippen molar-refractivity contribution in [2.75, 3.05) is 13.6 Å². The second-order valence-electron chi connectivity index (χ2n) is 5.26. The zero-order chi connectivity index (χ0) is 11.6. The first-order chi connectivity index (χ1) is 6.90. The highest BCUT2D eigenvalue weighted by molar-refractivity contribution is 5.83. The average molecular weight is 212 g/mol. The molecule has 1 rings (SSSR count). The number of hydrogen-bond donors (Lipinski definition) is 1. The van der Waals surface area contributed by atoms with E-state index in [4.69, 9.17) is 0 Å². The van der Waals surface area contributed by atoms with Gasteiger partial charge in [-0.1, -0.05) is 13.8 Å². The third-order valence-electron chi connectivity index (χ3n) is 3.90. The number of nitrogens with zero attached hydrogens (tertiary/aromatic N) is 1. The Morgan fingerprint density at radius 3 is 2.53 bits per heavy atom. The molecule has 1 aliphatic heterocycles. The minimum Gasteiger partial charge on any atom is -0.339 e. The molecule has 1 aliphatic rings. The lowest BCUT2D eigenvalue weighted by molar-refractivity contribution is -0.137. The van der Waals surface area contributed by atoms with E-state index in [0.29, 0.717) is 5.92 Å². The van der Waals surface area contributed by atoms with E-state index in [1.165, 1.54) is 0 Å². The Morgan fingerprint density at radius 1 is 1.53 bits per heavy atom. The fraction of sp³-hybridized carbons (Fsp3) is 0.917. The van der Waals surface area contributed by atoms with Crippen molar-refractivity contribution in [2.45, 2.75) is 52.1 Å². The molecule has 1 saturated heterocycles. The number of carbonyl (C=O) groups excluding carboxylic acids is 1. The second kappa shape index (κ2) is 4.52. The SMILES string of the molecule is CCC(C)(C)N(C)C(=O)C1NCCC1C. The van der Waals surface area contributed by atoms with Gasteiger partial charge in [-0.05, 0) is 39.2 Å². The largest absolute Gasteiger partial charge is 0.339 e. The number of carbonyl (C=O) groups is 1. The molecule has 1 N–H and O–H groups in total. The number of hydrogen-bond acceptors (Lipinski definition) is 2. The van der Waals surface area contributed by atoms with Crippen LogP contribution in [0.2, 0.25) is 0 Å². The van der Waals surface area contributed by atoms with Gasteiger partial charge in [0.1, 0.15) is 0 Å². The highest BCUT2D eigenvalue weighted by Gasteiger charge is 2.35. The van der Waals surface area contributed by atoms with Gasteiger partial charge in [0.15, 0.2) is 0 Å². The summed E-state index contributed by atoms with van der Waals surface area (Å²) >= 11 is 0. The summed E-state index contributed by atoms with van der Waals surface area (Å²) in [7, 11) is 1.92. The van der Waals surface area contributed by atoms with E-state index in [1.54, 1.807) is 0 Å². The predicted molar refractivity (Wildman–Crippen MR) is 62.7 cm³/mol. The Morgan fingerprint density at radius 2 is 2.13 bits per heavy atom. The lowest BCUT2D eigenvalue weighted by Gasteiger charge is -2.37. The van der Waals surface area contributed by atoms with Gasteiger partial charge in [0.2, 0.25) is 5.91 Å². The fourth-order valence-corrected chi connectivity index (χ4v) is 1.91. The Bertz CT molecular complexity index is 238. The lowest BCUT2D eigenvalue weighted by Crippen LogP contribution is -2.52. The van der Waals surface area contributed by atoms with Crippen molar-refractivity contribution in [1.29, 1.82) is 0 Å². The number of likely N-dealkylation sites (N-methyl/N-ethyl adjacent to an activating group) is 1. The molecule has 1 amide bonds. The van der Waals surface area contributed by atoms with Crippen LogP contribution in [0.25, 0.3) is 0 Å². The Labute approximate surface area is 93.2 Å². The van der Waals surface area contributed by atoms with Crippen molar-refractivity contribution in [3.05, 3.63) is 0 Å². The van der Waals surface area contributed by atoms with Crippen molar-refractivity contribution < 1.29 is 4.79 Å². The standard InChI is InChI=1S/C12H24N2O/c1-6-12(3,4)14(5)11(15)10-9(2)7-8-13-10/h9-10,13H,6-8H2,1-5H3. The maximum Gasteiger partial charge on any atom is 0.240 e. The lowest BCUT2D eigenvalue weighted by atomic mass is 9.96. The number of amides is 1. The van der Waals surface area contributed by atoms with Crippen molar-refractivity contribution in [1.82, 2.24) is 10.2 Å². The first-order valence-corrected chi connectivity index (χ1v) is 5.91. The summed E-state index contributed by atoms with van der Waals surface area (Å²) in [5.74, 6) is 0.708. The summed E-state index contributed by atoms with van der Waals surface area (Å²) in [6, 6.07) is 0.0285. The van der Waals surface area contributed by atoms with Gasteiger partial charge in [0, 0.05) is 12.6 Å². The molecule has 0 aromatic carbocycles. The molecule has 88 valence electrons. The molecule has 0 aliphatic carbocycles. The molecule has 2 atom stereocenters. The molecule has 0 aromatic rings. The van der Waals surface area contributed by atoms with Gasteiger partial charge >= 0.3 is 0 Å². The monoisotopic (exact) mass is 212 g/mol. The highest BCUT2D eigenvalue weighted by atomic mass is 16.2. The molecule has 0 aromatic heterocycles. The van der Waals surface area contributed by atoms with Crippen LogP contribution in [0, 0.1) is 5.92 Å². The van der Waals surface area contributed by atoms with Crippen LogP contribution in [0.4, 0.5) is 0 Å². The van der Waals surface area contributed by atoms with Crippen LogP contribution >= 0.6 is 0 Å². The summed E-state index contributed by atoms with van der Waals surface area (Å²) in [5, 5.41) is 3.29.